The molecule has 0 saturated heterocycles. The fourth-order valence-corrected chi connectivity index (χ4v) is 0. The normalized spacial score (nSPS) is 4.56. The first-order chi connectivity index (χ1) is 3.27. The molecule has 0 aliphatic rings. The summed E-state index contributed by atoms with van der Waals surface area (Å²) in [6.45, 7) is 1.72. The van der Waals surface area contributed by atoms with Crippen LogP contribution >= 0.6 is 0 Å². The van der Waals surface area contributed by atoms with E-state index in [1.54, 1.807) is 0 Å². The molecule has 0 bridgehead atoms. The third-order valence-electron chi connectivity index (χ3n) is 0.175. The van der Waals surface area contributed by atoms with Crippen LogP contribution in [-0.4, -0.2) is 24.4 Å². The van der Waals surface area contributed by atoms with Gasteiger partial charge in [-0.25, -0.2) is 0 Å². The Labute approximate surface area is 101 Å². The maximum Gasteiger partial charge on any atom is 1.00 e. The molecule has 0 saturated carbocycles. The molecule has 3 N–H and O–H groups in total. The molecule has 0 rings (SSSR count). The predicted molar refractivity (Wildman–Crippen MR) is 26.0 cm³/mol. The Bertz CT molecular complexity index is 68.5. The van der Waals surface area contributed by atoms with Crippen LogP contribution in [0.5, 0.6) is 0 Å². The molecule has 9 heavy (non-hydrogen) atoms. The summed E-state index contributed by atoms with van der Waals surface area (Å²) in [5.41, 5.74) is 4.57. The van der Waals surface area contributed by atoms with Gasteiger partial charge in [-0.1, -0.05) is 0 Å². The van der Waals surface area contributed by atoms with E-state index in [9.17, 15) is 4.79 Å². The summed E-state index contributed by atoms with van der Waals surface area (Å²) in [6.07, 6.45) is 0. The Balaban J connectivity index is -0.00000000972. The van der Waals surface area contributed by atoms with Crippen molar-refractivity contribution < 1.29 is 76.7 Å². The Kier molecular flexibility index (Phi) is 57.3. The molecule has 6 heteroatoms. The Morgan fingerprint density at radius 2 is 1.67 bits per heavy atom. The molecule has 0 heterocycles. The summed E-state index contributed by atoms with van der Waals surface area (Å²) >= 11 is 0. The molecule has 0 amide bonds. The summed E-state index contributed by atoms with van der Waals surface area (Å²) < 4.78 is 0. The second-order valence-electron chi connectivity index (χ2n) is 0.598. The number of carboxylic acid groups (broad SMARTS) is 1. The molecule has 0 aliphatic heterocycles. The van der Waals surface area contributed by atoms with Gasteiger partial charge in [-0.15, -0.1) is 0 Å². The number of hydrogen-bond donors (Lipinski definition) is 2. The summed E-state index contributed by atoms with van der Waals surface area (Å²) in [6, 6.07) is 0. The Hall–Kier alpha value is 1.10. The number of aliphatic carboxylic acids is 1. The van der Waals surface area contributed by atoms with Gasteiger partial charge in [-0.05, 0) is 0 Å². The van der Waals surface area contributed by atoms with Crippen LogP contribution in [0, 0.1) is 0 Å². The van der Waals surface area contributed by atoms with Crippen LogP contribution in [0.25, 0.3) is 0 Å². The first kappa shape index (κ1) is 22.5. The molecule has 46 valence electrons. The molecule has 4 nitrogen and oxygen atoms in total. The van der Waals surface area contributed by atoms with E-state index in [-0.39, 0.29) is 68.5 Å². The standard InChI is InChI=1S/C2H5NO2.CH2O.2Na.2H/c3-1-2(4)5;1-2;;;;/h1,3H2,(H,4,5);1H2;;;;/q;;2*+1;2*-1. The van der Waals surface area contributed by atoms with Crippen molar-refractivity contribution in [2.75, 3.05) is 6.54 Å². The average molecular weight is 153 g/mol. The second-order valence-corrected chi connectivity index (χ2v) is 0.598. The predicted octanol–water partition coefficient (Wildman–Crippen LogP) is -6.92. The molecule has 0 aromatic rings. The molecule has 0 aliphatic carbocycles. The van der Waals surface area contributed by atoms with Gasteiger partial charge in [0.05, 0.1) is 6.54 Å². The van der Waals surface area contributed by atoms with Crippen LogP contribution in [0.15, 0.2) is 0 Å². The van der Waals surface area contributed by atoms with Crippen molar-refractivity contribution in [3.63, 3.8) is 0 Å². The molecule has 0 aromatic heterocycles. The number of hydrogen-bond acceptors (Lipinski definition) is 3. The van der Waals surface area contributed by atoms with Gasteiger partial charge in [0.1, 0.15) is 6.79 Å². The van der Waals surface area contributed by atoms with Gasteiger partial charge in [0.15, 0.2) is 0 Å². The van der Waals surface area contributed by atoms with Crippen molar-refractivity contribution in [2.24, 2.45) is 5.73 Å². The fraction of sp³-hybridized carbons (Fsp3) is 0.333. The maximum atomic E-state index is 9.24. The molecule has 0 aromatic carbocycles. The molecule has 0 atom stereocenters. The minimum Gasteiger partial charge on any atom is -1.00 e. The molecule has 0 radical (unpaired) electrons. The third kappa shape index (κ3) is 47.7. The van der Waals surface area contributed by atoms with Gasteiger partial charge < -0.3 is 18.5 Å². The van der Waals surface area contributed by atoms with Gasteiger partial charge in [0, 0.05) is 0 Å². The Morgan fingerprint density at radius 3 is 1.67 bits per heavy atom. The SMILES string of the molecule is C=O.NCC(=O)O.[H-].[H-].[Na+].[Na+]. The fourth-order valence-electron chi connectivity index (χ4n) is 0. The summed E-state index contributed by atoms with van der Waals surface area (Å²) in [4.78, 5) is 17.2. The zero-order valence-electron chi connectivity index (χ0n) is 7.76. The van der Waals surface area contributed by atoms with Gasteiger partial charge in [-0.3, -0.25) is 4.79 Å². The quantitative estimate of drug-likeness (QED) is 0.367. The van der Waals surface area contributed by atoms with E-state index in [1.165, 1.54) is 0 Å². The van der Waals surface area contributed by atoms with Crippen molar-refractivity contribution in [3.8, 4) is 0 Å². The van der Waals surface area contributed by atoms with Crippen molar-refractivity contribution in [2.45, 2.75) is 0 Å². The van der Waals surface area contributed by atoms with E-state index in [0.29, 0.717) is 0 Å². The van der Waals surface area contributed by atoms with Crippen molar-refractivity contribution in [1.29, 1.82) is 0 Å². The van der Waals surface area contributed by atoms with Crippen LogP contribution in [0.2, 0.25) is 0 Å². The van der Waals surface area contributed by atoms with Gasteiger partial charge in [0.2, 0.25) is 0 Å². The van der Waals surface area contributed by atoms with E-state index in [2.05, 4.69) is 5.73 Å². The minimum absolute atomic E-state index is 0. The second kappa shape index (κ2) is 23.0. The van der Waals surface area contributed by atoms with Crippen molar-refractivity contribution in [1.82, 2.24) is 0 Å². The third-order valence-corrected chi connectivity index (χ3v) is 0.175. The minimum atomic E-state index is -0.968. The number of nitrogens with two attached hydrogens (primary N) is 1. The molecular formula is C3H9NNa2O3. The van der Waals surface area contributed by atoms with Crippen LogP contribution in [-0.2, 0) is 9.59 Å². The van der Waals surface area contributed by atoms with E-state index in [1.807, 2.05) is 6.79 Å². The first-order valence-electron chi connectivity index (χ1n) is 1.48. The van der Waals surface area contributed by atoms with E-state index in [4.69, 9.17) is 9.90 Å². The topological polar surface area (TPSA) is 80.4 Å². The molecular weight excluding hydrogens is 144 g/mol. The van der Waals surface area contributed by atoms with Crippen molar-refractivity contribution in [3.05, 3.63) is 0 Å². The number of rotatable bonds is 1. The van der Waals surface area contributed by atoms with E-state index in [0.717, 1.165) is 0 Å². The molecule has 0 spiro atoms. The maximum absolute atomic E-state index is 9.24. The number of carboxylic acids is 1. The monoisotopic (exact) mass is 153 g/mol. The summed E-state index contributed by atoms with van der Waals surface area (Å²) in [7, 11) is 0. The Morgan fingerprint density at radius 1 is 1.56 bits per heavy atom. The van der Waals surface area contributed by atoms with Gasteiger partial charge >= 0.3 is 65.1 Å². The average Bonchev–Trinajstić information content (AvgIpc) is 1.73. The molecule has 0 unspecified atom stereocenters. The summed E-state index contributed by atoms with van der Waals surface area (Å²) in [5.74, 6) is -0.968. The largest absolute Gasteiger partial charge is 1.00 e. The van der Waals surface area contributed by atoms with Crippen molar-refractivity contribution >= 4 is 12.8 Å². The zero-order valence-corrected chi connectivity index (χ0v) is 9.76. The number of carbonyl (C=O) groups is 2. The smallest absolute Gasteiger partial charge is 1.00 e. The van der Waals surface area contributed by atoms with Gasteiger partial charge in [0.25, 0.3) is 0 Å². The van der Waals surface area contributed by atoms with Crippen LogP contribution in [0.3, 0.4) is 0 Å². The molecule has 0 fully saturated rings. The van der Waals surface area contributed by atoms with Crippen LogP contribution < -0.4 is 64.8 Å². The van der Waals surface area contributed by atoms with E-state index < -0.39 is 5.97 Å². The van der Waals surface area contributed by atoms with E-state index >= 15 is 0 Å². The summed E-state index contributed by atoms with van der Waals surface area (Å²) in [5, 5.41) is 7.60. The number of carbonyl (C=O) groups excluding carboxylic acids is 1. The van der Waals surface area contributed by atoms with Gasteiger partial charge in [-0.2, -0.15) is 0 Å². The van der Waals surface area contributed by atoms with Crippen LogP contribution in [0.1, 0.15) is 2.85 Å². The first-order valence-corrected chi connectivity index (χ1v) is 1.48. The van der Waals surface area contributed by atoms with Crippen LogP contribution in [0.4, 0.5) is 0 Å². The zero-order chi connectivity index (χ0) is 6.28.